The van der Waals surface area contributed by atoms with Crippen molar-refractivity contribution in [2.24, 2.45) is 0 Å². The Labute approximate surface area is 130 Å². The molecule has 2 rings (SSSR count). The number of hydrogen-bond donors (Lipinski definition) is 1. The maximum atomic E-state index is 5.49. The van der Waals surface area contributed by atoms with Crippen LogP contribution in [0.15, 0.2) is 29.6 Å². The van der Waals surface area contributed by atoms with Gasteiger partial charge in [-0.15, -0.1) is 11.3 Å². The van der Waals surface area contributed by atoms with Gasteiger partial charge in [0.05, 0.1) is 25.1 Å². The average Bonchev–Trinajstić information content (AvgIpc) is 2.96. The quantitative estimate of drug-likeness (QED) is 0.833. The molecule has 21 heavy (non-hydrogen) atoms. The predicted molar refractivity (Wildman–Crippen MR) is 88.7 cm³/mol. The van der Waals surface area contributed by atoms with Crippen molar-refractivity contribution in [2.45, 2.75) is 26.3 Å². The van der Waals surface area contributed by atoms with Gasteiger partial charge in [0, 0.05) is 0 Å². The second kappa shape index (κ2) is 7.48. The minimum absolute atomic E-state index is 0.157. The molecule has 0 saturated heterocycles. The highest BCUT2D eigenvalue weighted by molar-refractivity contribution is 7.10. The molecular formula is C17H23NO2S. The Morgan fingerprint density at radius 3 is 2.52 bits per heavy atom. The van der Waals surface area contributed by atoms with Crippen LogP contribution < -0.4 is 14.8 Å². The maximum absolute atomic E-state index is 5.49. The monoisotopic (exact) mass is 305 g/mol. The van der Waals surface area contributed by atoms with Gasteiger partial charge >= 0.3 is 0 Å². The normalized spacial score (nSPS) is 12.2. The van der Waals surface area contributed by atoms with Gasteiger partial charge in [0.15, 0.2) is 0 Å². The topological polar surface area (TPSA) is 30.5 Å². The zero-order valence-corrected chi connectivity index (χ0v) is 13.9. The molecule has 1 aromatic heterocycles. The van der Waals surface area contributed by atoms with Crippen LogP contribution in [0.4, 0.5) is 0 Å². The van der Waals surface area contributed by atoms with Gasteiger partial charge in [-0.25, -0.2) is 0 Å². The highest BCUT2D eigenvalue weighted by atomic mass is 32.1. The molecule has 114 valence electrons. The summed E-state index contributed by atoms with van der Waals surface area (Å²) in [5, 5.41) is 5.69. The molecule has 1 heterocycles. The Morgan fingerprint density at radius 1 is 1.14 bits per heavy atom. The third kappa shape index (κ3) is 3.57. The Morgan fingerprint density at radius 2 is 1.90 bits per heavy atom. The summed E-state index contributed by atoms with van der Waals surface area (Å²) in [6.07, 6.45) is 1.10. The van der Waals surface area contributed by atoms with Gasteiger partial charge in [-0.3, -0.25) is 0 Å². The summed E-state index contributed by atoms with van der Waals surface area (Å²) in [5.41, 5.74) is 2.39. The summed E-state index contributed by atoms with van der Waals surface area (Å²) in [7, 11) is 3.43. The van der Waals surface area contributed by atoms with Crippen LogP contribution in [0.3, 0.4) is 0 Å². The number of thiophene rings is 1. The van der Waals surface area contributed by atoms with Gasteiger partial charge in [0.2, 0.25) is 0 Å². The number of ether oxygens (including phenoxy) is 2. The zero-order valence-electron chi connectivity index (χ0n) is 13.1. The van der Waals surface area contributed by atoms with Crippen LogP contribution in [-0.2, 0) is 0 Å². The molecule has 0 spiro atoms. The van der Waals surface area contributed by atoms with Crippen molar-refractivity contribution < 1.29 is 9.47 Å². The molecule has 1 unspecified atom stereocenters. The SMILES string of the molecule is CCCNC(c1ccc(OC)c(C)c1)c1sccc1OC. The fraction of sp³-hybridized carbons (Fsp3) is 0.412. The molecule has 4 heteroatoms. The van der Waals surface area contributed by atoms with Crippen molar-refractivity contribution in [1.82, 2.24) is 5.32 Å². The number of hydrogen-bond acceptors (Lipinski definition) is 4. The fourth-order valence-corrected chi connectivity index (χ4v) is 3.38. The minimum atomic E-state index is 0.157. The van der Waals surface area contributed by atoms with Crippen LogP contribution in [0.1, 0.15) is 35.4 Å². The largest absolute Gasteiger partial charge is 0.496 e. The summed E-state index contributed by atoms with van der Waals surface area (Å²) >= 11 is 1.72. The van der Waals surface area contributed by atoms with Crippen LogP contribution in [0.2, 0.25) is 0 Å². The maximum Gasteiger partial charge on any atom is 0.134 e. The smallest absolute Gasteiger partial charge is 0.134 e. The van der Waals surface area contributed by atoms with Crippen molar-refractivity contribution in [2.75, 3.05) is 20.8 Å². The summed E-state index contributed by atoms with van der Waals surface area (Å²) in [6, 6.07) is 8.52. The highest BCUT2D eigenvalue weighted by Gasteiger charge is 2.19. The van der Waals surface area contributed by atoms with E-state index in [0.717, 1.165) is 30.0 Å². The summed E-state index contributed by atoms with van der Waals surface area (Å²) in [6.45, 7) is 5.22. The lowest BCUT2D eigenvalue weighted by molar-refractivity contribution is 0.406. The second-order valence-corrected chi connectivity index (χ2v) is 5.92. The van der Waals surface area contributed by atoms with Crippen LogP contribution in [-0.4, -0.2) is 20.8 Å². The van der Waals surface area contributed by atoms with E-state index in [2.05, 4.69) is 36.7 Å². The van der Waals surface area contributed by atoms with E-state index in [9.17, 15) is 0 Å². The van der Waals surface area contributed by atoms with E-state index in [1.165, 1.54) is 10.4 Å². The van der Waals surface area contributed by atoms with Crippen molar-refractivity contribution in [3.8, 4) is 11.5 Å². The van der Waals surface area contributed by atoms with Gasteiger partial charge in [-0.05, 0) is 48.5 Å². The fourth-order valence-electron chi connectivity index (χ4n) is 2.42. The highest BCUT2D eigenvalue weighted by Crippen LogP contribution is 2.36. The van der Waals surface area contributed by atoms with Gasteiger partial charge < -0.3 is 14.8 Å². The third-order valence-electron chi connectivity index (χ3n) is 3.49. The van der Waals surface area contributed by atoms with Crippen LogP contribution >= 0.6 is 11.3 Å². The van der Waals surface area contributed by atoms with E-state index in [1.54, 1.807) is 25.6 Å². The van der Waals surface area contributed by atoms with E-state index < -0.39 is 0 Å². The first-order valence-electron chi connectivity index (χ1n) is 7.20. The summed E-state index contributed by atoms with van der Waals surface area (Å²) in [5.74, 6) is 1.87. The third-order valence-corrected chi connectivity index (χ3v) is 4.45. The molecule has 0 aliphatic heterocycles. The Balaban J connectivity index is 2.38. The summed E-state index contributed by atoms with van der Waals surface area (Å²) in [4.78, 5) is 1.22. The summed E-state index contributed by atoms with van der Waals surface area (Å²) < 4.78 is 10.8. The number of aryl methyl sites for hydroxylation is 1. The molecule has 0 aliphatic rings. The van der Waals surface area contributed by atoms with E-state index >= 15 is 0 Å². The molecule has 2 aromatic rings. The van der Waals surface area contributed by atoms with Crippen LogP contribution in [0.25, 0.3) is 0 Å². The first kappa shape index (κ1) is 15.9. The molecule has 0 aliphatic carbocycles. The molecule has 1 N–H and O–H groups in total. The number of nitrogens with one attached hydrogen (secondary N) is 1. The molecule has 0 bridgehead atoms. The molecule has 3 nitrogen and oxygen atoms in total. The van der Waals surface area contributed by atoms with Crippen LogP contribution in [0, 0.1) is 6.92 Å². The van der Waals surface area contributed by atoms with Crippen molar-refractivity contribution >= 4 is 11.3 Å². The van der Waals surface area contributed by atoms with Crippen molar-refractivity contribution in [3.05, 3.63) is 45.6 Å². The first-order valence-corrected chi connectivity index (χ1v) is 8.08. The van der Waals surface area contributed by atoms with Gasteiger partial charge in [0.1, 0.15) is 11.5 Å². The molecule has 1 aromatic carbocycles. The number of benzene rings is 1. The van der Waals surface area contributed by atoms with E-state index in [0.29, 0.717) is 0 Å². The predicted octanol–water partition coefficient (Wildman–Crippen LogP) is 4.16. The molecule has 0 radical (unpaired) electrons. The minimum Gasteiger partial charge on any atom is -0.496 e. The van der Waals surface area contributed by atoms with Crippen molar-refractivity contribution in [1.29, 1.82) is 0 Å². The van der Waals surface area contributed by atoms with E-state index in [4.69, 9.17) is 9.47 Å². The lowest BCUT2D eigenvalue weighted by atomic mass is 10.0. The first-order chi connectivity index (χ1) is 10.2. The molecule has 1 atom stereocenters. The lowest BCUT2D eigenvalue weighted by Crippen LogP contribution is -2.22. The second-order valence-electron chi connectivity index (χ2n) is 4.97. The molecule has 0 fully saturated rings. The van der Waals surface area contributed by atoms with Gasteiger partial charge in [-0.2, -0.15) is 0 Å². The lowest BCUT2D eigenvalue weighted by Gasteiger charge is -2.20. The van der Waals surface area contributed by atoms with Gasteiger partial charge in [0.25, 0.3) is 0 Å². The Kier molecular flexibility index (Phi) is 5.65. The molecule has 0 saturated carbocycles. The Bertz CT molecular complexity index is 580. The standard InChI is InChI=1S/C17H23NO2S/c1-5-9-18-16(17-15(20-4)8-10-21-17)13-6-7-14(19-3)12(2)11-13/h6-8,10-11,16,18H,5,9H2,1-4H3. The number of rotatable bonds is 7. The van der Waals surface area contributed by atoms with Gasteiger partial charge in [-0.1, -0.05) is 19.1 Å². The van der Waals surface area contributed by atoms with E-state index in [1.807, 2.05) is 12.1 Å². The zero-order chi connectivity index (χ0) is 15.2. The Hall–Kier alpha value is -1.52. The number of methoxy groups -OCH3 is 2. The van der Waals surface area contributed by atoms with Crippen molar-refractivity contribution in [3.63, 3.8) is 0 Å². The molecule has 0 amide bonds. The molecular weight excluding hydrogens is 282 g/mol. The van der Waals surface area contributed by atoms with Crippen LogP contribution in [0.5, 0.6) is 11.5 Å². The van der Waals surface area contributed by atoms with E-state index in [-0.39, 0.29) is 6.04 Å². The average molecular weight is 305 g/mol.